The SMILES string of the molecule is COc1cccc(NC(=O)CN2CCN(S(=O)(=O)c3c(C)c(C)c(C)c(C)c3C)CC2)c1. The summed E-state index contributed by atoms with van der Waals surface area (Å²) in [7, 11) is -2.02. The molecule has 1 aliphatic rings. The molecule has 1 heterocycles. The van der Waals surface area contributed by atoms with E-state index in [-0.39, 0.29) is 12.5 Å². The number of rotatable bonds is 6. The van der Waals surface area contributed by atoms with E-state index in [1.807, 2.05) is 51.7 Å². The van der Waals surface area contributed by atoms with Gasteiger partial charge < -0.3 is 10.1 Å². The zero-order valence-corrected chi connectivity index (χ0v) is 20.6. The topological polar surface area (TPSA) is 79.0 Å². The van der Waals surface area contributed by atoms with E-state index in [1.54, 1.807) is 23.5 Å². The van der Waals surface area contributed by atoms with Crippen LogP contribution in [0.1, 0.15) is 27.8 Å². The number of nitrogens with zero attached hydrogens (tertiary/aromatic N) is 2. The summed E-state index contributed by atoms with van der Waals surface area (Å²) in [4.78, 5) is 14.9. The van der Waals surface area contributed by atoms with Gasteiger partial charge in [0.05, 0.1) is 18.6 Å². The highest BCUT2D eigenvalue weighted by atomic mass is 32.2. The van der Waals surface area contributed by atoms with E-state index in [9.17, 15) is 13.2 Å². The number of carbonyl (C=O) groups is 1. The first-order chi connectivity index (χ1) is 15.1. The molecule has 32 heavy (non-hydrogen) atoms. The maximum atomic E-state index is 13.5. The molecule has 1 amide bonds. The number of piperazine rings is 1. The minimum atomic E-state index is -3.60. The summed E-state index contributed by atoms with van der Waals surface area (Å²) in [6.45, 7) is 11.7. The Hall–Kier alpha value is -2.42. The number of nitrogens with one attached hydrogen (secondary N) is 1. The minimum absolute atomic E-state index is 0.133. The summed E-state index contributed by atoms with van der Waals surface area (Å²) >= 11 is 0. The quantitative estimate of drug-likeness (QED) is 0.718. The smallest absolute Gasteiger partial charge is 0.243 e. The van der Waals surface area contributed by atoms with Crippen LogP contribution in [0.15, 0.2) is 29.2 Å². The molecule has 0 atom stereocenters. The number of carbonyl (C=O) groups excluding carboxylic acids is 1. The third kappa shape index (κ3) is 4.82. The molecule has 8 heteroatoms. The number of ether oxygens (including phenoxy) is 1. The fourth-order valence-electron chi connectivity index (χ4n) is 4.21. The van der Waals surface area contributed by atoms with Gasteiger partial charge in [-0.3, -0.25) is 9.69 Å². The first-order valence-corrected chi connectivity index (χ1v) is 12.2. The largest absolute Gasteiger partial charge is 0.497 e. The molecule has 7 nitrogen and oxygen atoms in total. The maximum Gasteiger partial charge on any atom is 0.243 e. The molecule has 2 aromatic rings. The van der Waals surface area contributed by atoms with E-state index in [0.717, 1.165) is 27.8 Å². The van der Waals surface area contributed by atoms with Crippen LogP contribution in [0.3, 0.4) is 0 Å². The average Bonchev–Trinajstić information content (AvgIpc) is 2.76. The van der Waals surface area contributed by atoms with E-state index >= 15 is 0 Å². The molecule has 0 radical (unpaired) electrons. The van der Waals surface area contributed by atoms with Crippen LogP contribution in [0.2, 0.25) is 0 Å². The summed E-state index contributed by atoms with van der Waals surface area (Å²) < 4.78 is 33.7. The molecule has 0 bridgehead atoms. The summed E-state index contributed by atoms with van der Waals surface area (Å²) in [5.74, 6) is 0.542. The molecule has 1 fully saturated rings. The Bertz CT molecular complexity index is 1090. The molecule has 1 aliphatic heterocycles. The molecule has 1 saturated heterocycles. The van der Waals surface area contributed by atoms with Gasteiger partial charge in [0.25, 0.3) is 0 Å². The summed E-state index contributed by atoms with van der Waals surface area (Å²) in [6, 6.07) is 7.20. The van der Waals surface area contributed by atoms with Crippen molar-refractivity contribution in [2.45, 2.75) is 39.5 Å². The van der Waals surface area contributed by atoms with Gasteiger partial charge in [0.2, 0.25) is 15.9 Å². The fourth-order valence-corrected chi connectivity index (χ4v) is 6.20. The van der Waals surface area contributed by atoms with Crippen molar-refractivity contribution in [3.63, 3.8) is 0 Å². The van der Waals surface area contributed by atoms with Gasteiger partial charge in [-0.1, -0.05) is 6.07 Å². The molecule has 1 N–H and O–H groups in total. The lowest BCUT2D eigenvalue weighted by molar-refractivity contribution is -0.117. The number of hydrogen-bond acceptors (Lipinski definition) is 5. The molecule has 0 unspecified atom stereocenters. The van der Waals surface area contributed by atoms with Gasteiger partial charge in [-0.2, -0.15) is 4.31 Å². The Morgan fingerprint density at radius 2 is 1.50 bits per heavy atom. The van der Waals surface area contributed by atoms with Crippen LogP contribution in [0.4, 0.5) is 5.69 Å². The first-order valence-electron chi connectivity index (χ1n) is 10.8. The molecule has 0 aliphatic carbocycles. The van der Waals surface area contributed by atoms with E-state index < -0.39 is 10.0 Å². The van der Waals surface area contributed by atoms with Crippen LogP contribution in [0.25, 0.3) is 0 Å². The van der Waals surface area contributed by atoms with Gasteiger partial charge in [-0.05, 0) is 74.6 Å². The van der Waals surface area contributed by atoms with Crippen LogP contribution in [-0.4, -0.2) is 63.4 Å². The number of anilines is 1. The highest BCUT2D eigenvalue weighted by Gasteiger charge is 2.32. The van der Waals surface area contributed by atoms with E-state index in [4.69, 9.17) is 4.74 Å². The lowest BCUT2D eigenvalue weighted by Crippen LogP contribution is -2.50. The number of methoxy groups -OCH3 is 1. The van der Waals surface area contributed by atoms with Crippen molar-refractivity contribution in [3.8, 4) is 5.75 Å². The van der Waals surface area contributed by atoms with Crippen LogP contribution in [-0.2, 0) is 14.8 Å². The van der Waals surface area contributed by atoms with Crippen molar-refractivity contribution in [2.75, 3.05) is 45.2 Å². The summed E-state index contributed by atoms with van der Waals surface area (Å²) in [6.07, 6.45) is 0. The molecule has 0 saturated carbocycles. The number of sulfonamides is 1. The van der Waals surface area contributed by atoms with E-state index in [2.05, 4.69) is 5.32 Å². The van der Waals surface area contributed by atoms with Crippen molar-refractivity contribution in [3.05, 3.63) is 52.1 Å². The van der Waals surface area contributed by atoms with Crippen molar-refractivity contribution in [2.24, 2.45) is 0 Å². The summed E-state index contributed by atoms with van der Waals surface area (Å²) in [5, 5.41) is 2.87. The number of benzene rings is 2. The Balaban J connectivity index is 1.66. The van der Waals surface area contributed by atoms with Crippen LogP contribution in [0, 0.1) is 34.6 Å². The number of amides is 1. The van der Waals surface area contributed by atoms with Crippen LogP contribution < -0.4 is 10.1 Å². The van der Waals surface area contributed by atoms with Crippen molar-refractivity contribution < 1.29 is 17.9 Å². The Morgan fingerprint density at radius 3 is 2.06 bits per heavy atom. The molecule has 0 spiro atoms. The Morgan fingerprint density at radius 1 is 0.938 bits per heavy atom. The molecule has 174 valence electrons. The van der Waals surface area contributed by atoms with Gasteiger partial charge in [0.15, 0.2) is 0 Å². The highest BCUT2D eigenvalue weighted by molar-refractivity contribution is 7.89. The monoisotopic (exact) mass is 459 g/mol. The highest BCUT2D eigenvalue weighted by Crippen LogP contribution is 2.32. The zero-order chi connectivity index (χ0) is 23.6. The lowest BCUT2D eigenvalue weighted by Gasteiger charge is -2.34. The predicted octanol–water partition coefficient (Wildman–Crippen LogP) is 3.18. The Labute approximate surface area is 191 Å². The third-order valence-corrected chi connectivity index (χ3v) is 8.75. The van der Waals surface area contributed by atoms with Crippen LogP contribution in [0.5, 0.6) is 5.75 Å². The maximum absolute atomic E-state index is 13.5. The van der Waals surface area contributed by atoms with Gasteiger partial charge in [0, 0.05) is 37.9 Å². The van der Waals surface area contributed by atoms with E-state index in [1.165, 1.54) is 0 Å². The second-order valence-electron chi connectivity index (χ2n) is 8.41. The van der Waals surface area contributed by atoms with Crippen molar-refractivity contribution in [1.82, 2.24) is 9.21 Å². The van der Waals surface area contributed by atoms with Crippen LogP contribution >= 0.6 is 0 Å². The second kappa shape index (κ2) is 9.60. The summed E-state index contributed by atoms with van der Waals surface area (Å²) in [5.41, 5.74) is 5.52. The normalized spacial score (nSPS) is 15.6. The standard InChI is InChI=1S/C24H33N3O4S/c1-16-17(2)19(4)24(20(5)18(16)3)32(29,30)27-12-10-26(11-13-27)15-23(28)25-21-8-7-9-22(14-21)31-6/h7-9,14H,10-13,15H2,1-6H3,(H,25,28). The average molecular weight is 460 g/mol. The zero-order valence-electron chi connectivity index (χ0n) is 19.8. The predicted molar refractivity (Wildman–Crippen MR) is 127 cm³/mol. The van der Waals surface area contributed by atoms with Crippen molar-refractivity contribution in [1.29, 1.82) is 0 Å². The number of hydrogen-bond donors (Lipinski definition) is 1. The first kappa shape index (κ1) is 24.2. The minimum Gasteiger partial charge on any atom is -0.497 e. The molecule has 3 rings (SSSR count). The van der Waals surface area contributed by atoms with E-state index in [0.29, 0.717) is 42.5 Å². The fraction of sp³-hybridized carbons (Fsp3) is 0.458. The molecule has 2 aromatic carbocycles. The Kier molecular flexibility index (Phi) is 7.27. The van der Waals surface area contributed by atoms with Gasteiger partial charge in [0.1, 0.15) is 5.75 Å². The molecular weight excluding hydrogens is 426 g/mol. The third-order valence-electron chi connectivity index (χ3n) is 6.58. The lowest BCUT2D eigenvalue weighted by atomic mass is 9.95. The van der Waals surface area contributed by atoms with Gasteiger partial charge in [-0.15, -0.1) is 0 Å². The van der Waals surface area contributed by atoms with Gasteiger partial charge in [-0.25, -0.2) is 8.42 Å². The molecular formula is C24H33N3O4S. The second-order valence-corrected chi connectivity index (χ2v) is 10.3. The molecule has 0 aromatic heterocycles. The van der Waals surface area contributed by atoms with Gasteiger partial charge >= 0.3 is 0 Å². The van der Waals surface area contributed by atoms with Crippen molar-refractivity contribution >= 4 is 21.6 Å².